The number of rotatable bonds is 4. The van der Waals surface area contributed by atoms with E-state index in [1.54, 1.807) is 13.0 Å². The molecular weight excluding hydrogens is 301 g/mol. The normalized spacial score (nSPS) is 13.1. The first kappa shape index (κ1) is 16.0. The van der Waals surface area contributed by atoms with Gasteiger partial charge < -0.3 is 10.2 Å². The summed E-state index contributed by atoms with van der Waals surface area (Å²) in [5.41, 5.74) is 3.88. The highest BCUT2D eigenvalue weighted by molar-refractivity contribution is 5.70. The van der Waals surface area contributed by atoms with Gasteiger partial charge in [0.15, 0.2) is 0 Å². The number of nitrogens with zero attached hydrogens (tertiary/aromatic N) is 1. The van der Waals surface area contributed by atoms with E-state index < -0.39 is 22.4 Å². The predicted molar refractivity (Wildman–Crippen MR) is 73.2 cm³/mol. The van der Waals surface area contributed by atoms with Crippen LogP contribution in [0.15, 0.2) is 34.7 Å². The summed E-state index contributed by atoms with van der Waals surface area (Å²) in [5.74, 6) is 0.648. The molecule has 1 aromatic heterocycles. The van der Waals surface area contributed by atoms with Crippen LogP contribution in [0.5, 0.6) is 0 Å². The highest BCUT2D eigenvalue weighted by Crippen LogP contribution is 2.37. The zero-order chi connectivity index (χ0) is 16.5. The maximum atomic E-state index is 12.7. The zero-order valence-corrected chi connectivity index (χ0v) is 11.6. The van der Waals surface area contributed by atoms with Gasteiger partial charge in [-0.2, -0.15) is 13.2 Å². The van der Waals surface area contributed by atoms with Gasteiger partial charge >= 0.3 is 6.18 Å². The first-order valence-electron chi connectivity index (χ1n) is 6.39. The Balaban J connectivity index is 2.46. The molecule has 0 fully saturated rings. The van der Waals surface area contributed by atoms with Gasteiger partial charge in [0, 0.05) is 18.5 Å². The largest absolute Gasteiger partial charge is 0.461 e. The Hall–Kier alpha value is -2.35. The molecule has 1 aromatic carbocycles. The molecule has 5 nitrogen and oxygen atoms in total. The highest BCUT2D eigenvalue weighted by atomic mass is 19.4. The molecule has 0 aliphatic rings. The van der Waals surface area contributed by atoms with Crippen LogP contribution >= 0.6 is 0 Å². The first-order valence-corrected chi connectivity index (χ1v) is 6.39. The van der Waals surface area contributed by atoms with Crippen LogP contribution in [0.3, 0.4) is 0 Å². The first-order chi connectivity index (χ1) is 10.2. The van der Waals surface area contributed by atoms with E-state index in [9.17, 15) is 23.3 Å². The van der Waals surface area contributed by atoms with Gasteiger partial charge in [-0.15, -0.1) is 0 Å². The van der Waals surface area contributed by atoms with Gasteiger partial charge in [-0.25, -0.2) is 0 Å². The molecule has 1 heterocycles. The molecule has 2 N–H and O–H groups in total. The molecule has 0 spiro atoms. The number of nitro benzene ring substituents is 1. The summed E-state index contributed by atoms with van der Waals surface area (Å²) in [6, 6.07) is 5.24. The molecule has 0 saturated heterocycles. The summed E-state index contributed by atoms with van der Waals surface area (Å²) in [4.78, 5) is 10.2. The molecule has 0 bridgehead atoms. The maximum Gasteiger partial charge on any atom is 0.416 e. The third-order valence-electron chi connectivity index (χ3n) is 2.97. The van der Waals surface area contributed by atoms with Gasteiger partial charge in [-0.05, 0) is 31.2 Å². The molecular formula is C14H13F3N2O3. The number of furan rings is 1. The Bertz CT molecular complexity index is 693. The lowest BCUT2D eigenvalue weighted by molar-refractivity contribution is -0.384. The number of hydrogen-bond donors (Lipinski definition) is 1. The van der Waals surface area contributed by atoms with Crippen LogP contribution < -0.4 is 5.73 Å². The fraction of sp³-hybridized carbons (Fsp3) is 0.286. The predicted octanol–water partition coefficient (Wildman–Crippen LogP) is 3.76. The Labute approximate surface area is 123 Å². The average molecular weight is 314 g/mol. The molecule has 0 aliphatic heterocycles. The average Bonchev–Trinajstić information content (AvgIpc) is 2.84. The van der Waals surface area contributed by atoms with Crippen LogP contribution in [0.1, 0.15) is 18.2 Å². The van der Waals surface area contributed by atoms with Gasteiger partial charge in [-0.3, -0.25) is 10.1 Å². The molecule has 118 valence electrons. The lowest BCUT2D eigenvalue weighted by Gasteiger charge is -2.08. The number of nitrogens with two attached hydrogens (primary N) is 1. The minimum absolute atomic E-state index is 0.00563. The molecule has 0 aliphatic carbocycles. The third kappa shape index (κ3) is 3.45. The number of halogens is 3. The molecule has 0 amide bonds. The van der Waals surface area contributed by atoms with E-state index in [0.29, 0.717) is 18.2 Å². The minimum Gasteiger partial charge on any atom is -0.461 e. The molecule has 22 heavy (non-hydrogen) atoms. The van der Waals surface area contributed by atoms with Gasteiger partial charge in [0.2, 0.25) is 0 Å². The molecule has 8 heteroatoms. The van der Waals surface area contributed by atoms with Crippen LogP contribution in [0, 0.1) is 10.1 Å². The van der Waals surface area contributed by atoms with Crippen molar-refractivity contribution >= 4 is 5.69 Å². The van der Waals surface area contributed by atoms with Crippen LogP contribution in [-0.2, 0) is 12.6 Å². The molecule has 2 rings (SSSR count). The monoisotopic (exact) mass is 314 g/mol. The van der Waals surface area contributed by atoms with Crippen molar-refractivity contribution in [2.24, 2.45) is 5.73 Å². The number of hydrogen-bond acceptors (Lipinski definition) is 4. The van der Waals surface area contributed by atoms with Crippen molar-refractivity contribution in [1.29, 1.82) is 0 Å². The van der Waals surface area contributed by atoms with E-state index >= 15 is 0 Å². The lowest BCUT2D eigenvalue weighted by atomic mass is 10.1. The van der Waals surface area contributed by atoms with Gasteiger partial charge in [0.25, 0.3) is 5.69 Å². The molecule has 1 unspecified atom stereocenters. The summed E-state index contributed by atoms with van der Waals surface area (Å²) >= 11 is 0. The fourth-order valence-electron chi connectivity index (χ4n) is 2.02. The lowest BCUT2D eigenvalue weighted by Crippen LogP contribution is -2.17. The number of nitro groups is 1. The van der Waals surface area contributed by atoms with E-state index in [1.807, 2.05) is 0 Å². The van der Waals surface area contributed by atoms with E-state index in [2.05, 4.69) is 0 Å². The Morgan fingerprint density at radius 2 is 2.00 bits per heavy atom. The third-order valence-corrected chi connectivity index (χ3v) is 2.97. The number of benzene rings is 1. The second-order valence-electron chi connectivity index (χ2n) is 4.93. The van der Waals surface area contributed by atoms with Crippen LogP contribution in [0.25, 0.3) is 11.3 Å². The maximum absolute atomic E-state index is 12.7. The van der Waals surface area contributed by atoms with E-state index in [1.165, 1.54) is 6.07 Å². The SMILES string of the molecule is CC(N)Cc1ccc(-c2ccc(C(F)(F)F)cc2[N+](=O)[O-])o1. The quantitative estimate of drug-likeness (QED) is 0.688. The molecule has 2 aromatic rings. The van der Waals surface area contributed by atoms with Crippen molar-refractivity contribution in [3.05, 3.63) is 51.8 Å². The van der Waals surface area contributed by atoms with Gasteiger partial charge in [-0.1, -0.05) is 0 Å². The van der Waals surface area contributed by atoms with Crippen molar-refractivity contribution in [2.75, 3.05) is 0 Å². The summed E-state index contributed by atoms with van der Waals surface area (Å²) in [7, 11) is 0. The standard InChI is InChI=1S/C14H13F3N2O3/c1-8(18)6-10-3-5-13(22-10)11-4-2-9(14(15,16)17)7-12(11)19(20)21/h2-5,7-8H,6,18H2,1H3. The van der Waals surface area contributed by atoms with Crippen molar-refractivity contribution in [3.8, 4) is 11.3 Å². The van der Waals surface area contributed by atoms with Gasteiger partial charge in [0.05, 0.1) is 16.1 Å². The molecule has 1 atom stereocenters. The fourth-order valence-corrected chi connectivity index (χ4v) is 2.02. The Morgan fingerprint density at radius 1 is 1.32 bits per heavy atom. The summed E-state index contributed by atoms with van der Waals surface area (Å²) < 4.78 is 43.4. The Morgan fingerprint density at radius 3 is 2.55 bits per heavy atom. The molecule has 0 radical (unpaired) electrons. The van der Waals surface area contributed by atoms with E-state index in [4.69, 9.17) is 10.2 Å². The summed E-state index contributed by atoms with van der Waals surface area (Å²) in [6.07, 6.45) is -4.22. The van der Waals surface area contributed by atoms with Crippen LogP contribution in [0.4, 0.5) is 18.9 Å². The van der Waals surface area contributed by atoms with E-state index in [0.717, 1.165) is 12.1 Å². The minimum atomic E-state index is -4.65. The Kier molecular flexibility index (Phi) is 4.23. The summed E-state index contributed by atoms with van der Waals surface area (Å²) in [5, 5.41) is 11.0. The topological polar surface area (TPSA) is 82.3 Å². The van der Waals surface area contributed by atoms with Crippen molar-refractivity contribution in [1.82, 2.24) is 0 Å². The van der Waals surface area contributed by atoms with E-state index in [-0.39, 0.29) is 17.4 Å². The van der Waals surface area contributed by atoms with Crippen molar-refractivity contribution in [3.63, 3.8) is 0 Å². The van der Waals surface area contributed by atoms with Crippen LogP contribution in [-0.4, -0.2) is 11.0 Å². The highest BCUT2D eigenvalue weighted by Gasteiger charge is 2.33. The second-order valence-corrected chi connectivity index (χ2v) is 4.93. The smallest absolute Gasteiger partial charge is 0.416 e. The second kappa shape index (κ2) is 5.80. The van der Waals surface area contributed by atoms with Gasteiger partial charge in [0.1, 0.15) is 11.5 Å². The number of alkyl halides is 3. The zero-order valence-electron chi connectivity index (χ0n) is 11.6. The summed E-state index contributed by atoms with van der Waals surface area (Å²) in [6.45, 7) is 1.77. The van der Waals surface area contributed by atoms with Crippen LogP contribution in [0.2, 0.25) is 0 Å². The molecule has 0 saturated carbocycles. The van der Waals surface area contributed by atoms with Crippen molar-refractivity contribution in [2.45, 2.75) is 25.6 Å². The van der Waals surface area contributed by atoms with Crippen molar-refractivity contribution < 1.29 is 22.5 Å².